The molecule has 2 nitrogen and oxygen atoms in total. The van der Waals surface area contributed by atoms with Gasteiger partial charge in [-0.1, -0.05) is 42.5 Å². The fourth-order valence-corrected chi connectivity index (χ4v) is 4.28. The van der Waals surface area contributed by atoms with Crippen LogP contribution in [-0.4, -0.2) is 4.98 Å². The van der Waals surface area contributed by atoms with Crippen LogP contribution in [-0.2, 0) is 6.42 Å². The van der Waals surface area contributed by atoms with Crippen molar-refractivity contribution in [3.8, 4) is 6.07 Å². The third kappa shape index (κ3) is 4.72. The molecule has 1 aliphatic rings. The molecule has 0 bridgehead atoms. The summed E-state index contributed by atoms with van der Waals surface area (Å²) in [6.07, 6.45) is 16.3. The van der Waals surface area contributed by atoms with E-state index in [0.29, 0.717) is 0 Å². The largest absolute Gasteiger partial charge is 0.249 e. The molecule has 0 amide bonds. The van der Waals surface area contributed by atoms with Crippen molar-refractivity contribution in [2.45, 2.75) is 40.5 Å². The van der Waals surface area contributed by atoms with E-state index in [-0.39, 0.29) is 0 Å². The molecule has 0 radical (unpaired) electrons. The number of hydrogen-bond donors (Lipinski definition) is 0. The molecular formula is C26H26N2S. The Labute approximate surface area is 177 Å². The Morgan fingerprint density at radius 3 is 2.69 bits per heavy atom. The maximum Gasteiger partial charge on any atom is 0.0994 e. The number of allylic oxidation sites excluding steroid dienone is 8. The maximum absolute atomic E-state index is 9.80. The molecule has 146 valence electrons. The van der Waals surface area contributed by atoms with Gasteiger partial charge in [-0.3, -0.25) is 0 Å². The summed E-state index contributed by atoms with van der Waals surface area (Å²) in [5.41, 5.74) is 10.9. The van der Waals surface area contributed by atoms with Gasteiger partial charge in [-0.25, -0.2) is 4.98 Å². The lowest BCUT2D eigenvalue weighted by Crippen LogP contribution is -2.01. The maximum atomic E-state index is 9.80. The van der Waals surface area contributed by atoms with Gasteiger partial charge in [-0.15, -0.1) is 11.3 Å². The van der Waals surface area contributed by atoms with Gasteiger partial charge < -0.3 is 0 Å². The van der Waals surface area contributed by atoms with Gasteiger partial charge in [0.1, 0.15) is 0 Å². The molecule has 0 saturated heterocycles. The van der Waals surface area contributed by atoms with Gasteiger partial charge in [0, 0.05) is 4.88 Å². The summed E-state index contributed by atoms with van der Waals surface area (Å²) >= 11 is 1.64. The Hall–Kier alpha value is -2.96. The number of nitrogens with zero attached hydrogens (tertiary/aromatic N) is 2. The number of aryl methyl sites for hydroxylation is 2. The van der Waals surface area contributed by atoms with Gasteiger partial charge in [0.2, 0.25) is 0 Å². The lowest BCUT2D eigenvalue weighted by molar-refractivity contribution is 1.11. The van der Waals surface area contributed by atoms with E-state index < -0.39 is 0 Å². The lowest BCUT2D eigenvalue weighted by Gasteiger charge is -2.15. The minimum Gasteiger partial charge on any atom is -0.249 e. The average molecular weight is 399 g/mol. The molecule has 0 spiro atoms. The number of nitriles is 1. The quantitative estimate of drug-likeness (QED) is 0.540. The number of rotatable bonds is 5. The van der Waals surface area contributed by atoms with Crippen molar-refractivity contribution in [1.82, 2.24) is 4.98 Å². The van der Waals surface area contributed by atoms with Gasteiger partial charge in [0.05, 0.1) is 22.8 Å². The molecule has 0 N–H and O–H groups in total. The van der Waals surface area contributed by atoms with Crippen LogP contribution in [0.25, 0.3) is 12.2 Å². The second kappa shape index (κ2) is 9.49. The summed E-state index contributed by atoms with van der Waals surface area (Å²) in [6.45, 7) is 8.39. The normalized spacial score (nSPS) is 14.5. The van der Waals surface area contributed by atoms with Crippen molar-refractivity contribution >= 4 is 23.5 Å². The molecule has 1 aromatic heterocycles. The molecule has 2 aromatic rings. The van der Waals surface area contributed by atoms with Crippen LogP contribution in [0.3, 0.4) is 0 Å². The zero-order chi connectivity index (χ0) is 20.8. The van der Waals surface area contributed by atoms with E-state index in [1.807, 2.05) is 25.4 Å². The first-order valence-corrected chi connectivity index (χ1v) is 10.7. The van der Waals surface area contributed by atoms with Gasteiger partial charge in [-0.2, -0.15) is 5.26 Å². The van der Waals surface area contributed by atoms with Crippen LogP contribution in [0, 0.1) is 32.1 Å². The minimum absolute atomic E-state index is 0.738. The zero-order valence-electron chi connectivity index (χ0n) is 17.5. The van der Waals surface area contributed by atoms with Gasteiger partial charge >= 0.3 is 0 Å². The Bertz CT molecular complexity index is 1100. The summed E-state index contributed by atoms with van der Waals surface area (Å²) < 4.78 is 0. The monoisotopic (exact) mass is 398 g/mol. The summed E-state index contributed by atoms with van der Waals surface area (Å²) in [6, 6.07) is 6.79. The molecule has 0 unspecified atom stereocenters. The average Bonchev–Trinajstić information content (AvgIpc) is 3.02. The minimum atomic E-state index is 0.738. The van der Waals surface area contributed by atoms with E-state index in [1.165, 1.54) is 22.3 Å². The summed E-state index contributed by atoms with van der Waals surface area (Å²) in [4.78, 5) is 5.48. The third-order valence-corrected chi connectivity index (χ3v) is 6.19. The van der Waals surface area contributed by atoms with Gasteiger partial charge in [0.25, 0.3) is 0 Å². The van der Waals surface area contributed by atoms with Crippen LogP contribution in [0.4, 0.5) is 0 Å². The summed E-state index contributed by atoms with van der Waals surface area (Å²) in [7, 11) is 0. The van der Waals surface area contributed by atoms with Crippen molar-refractivity contribution in [1.29, 1.82) is 5.26 Å². The van der Waals surface area contributed by atoms with Gasteiger partial charge in [-0.05, 0) is 86.1 Å². The molecule has 0 atom stereocenters. The van der Waals surface area contributed by atoms with Crippen LogP contribution >= 0.6 is 11.3 Å². The van der Waals surface area contributed by atoms with Crippen LogP contribution in [0.2, 0.25) is 0 Å². The molecule has 3 rings (SSSR count). The second-order valence-corrected chi connectivity index (χ2v) is 8.08. The van der Waals surface area contributed by atoms with Crippen LogP contribution in [0.5, 0.6) is 0 Å². The van der Waals surface area contributed by atoms with E-state index in [1.54, 1.807) is 11.3 Å². The standard InChI is InChI=1S/C26H26N2S/c1-5-8-24-18(2)11-12-22(19(24)3)15-25-21(9-6-7-10-23(25)16-27)13-14-26-20(4)28-17-29-26/h5,7-14,17H,6,15H2,1-4H3/b8-5-,14-13+. The van der Waals surface area contributed by atoms with Gasteiger partial charge in [0.15, 0.2) is 0 Å². The molecule has 0 aliphatic heterocycles. The number of aromatic nitrogens is 1. The Balaban J connectivity index is 2.04. The van der Waals surface area contributed by atoms with Crippen LogP contribution in [0.1, 0.15) is 46.2 Å². The second-order valence-electron chi connectivity index (χ2n) is 7.19. The molecule has 1 aliphatic carbocycles. The van der Waals surface area contributed by atoms with Crippen LogP contribution < -0.4 is 0 Å². The molecule has 29 heavy (non-hydrogen) atoms. The molecule has 0 saturated carbocycles. The van der Waals surface area contributed by atoms with E-state index in [9.17, 15) is 5.26 Å². The lowest BCUT2D eigenvalue weighted by atomic mass is 9.89. The predicted octanol–water partition coefficient (Wildman–Crippen LogP) is 7.06. The highest BCUT2D eigenvalue weighted by molar-refractivity contribution is 7.10. The molecule has 0 fully saturated rings. The predicted molar refractivity (Wildman–Crippen MR) is 125 cm³/mol. The fourth-order valence-electron chi connectivity index (χ4n) is 3.58. The summed E-state index contributed by atoms with van der Waals surface area (Å²) in [5.74, 6) is 0. The Morgan fingerprint density at radius 2 is 2.00 bits per heavy atom. The van der Waals surface area contributed by atoms with E-state index in [2.05, 4.69) is 73.5 Å². The first-order valence-electron chi connectivity index (χ1n) is 9.85. The Morgan fingerprint density at radius 1 is 1.17 bits per heavy atom. The first kappa shape index (κ1) is 20.8. The van der Waals surface area contributed by atoms with E-state index in [4.69, 9.17) is 0 Å². The first-order chi connectivity index (χ1) is 14.0. The highest BCUT2D eigenvalue weighted by Gasteiger charge is 2.14. The van der Waals surface area contributed by atoms with Crippen molar-refractivity contribution < 1.29 is 0 Å². The molecular weight excluding hydrogens is 372 g/mol. The van der Waals surface area contributed by atoms with Crippen molar-refractivity contribution in [3.63, 3.8) is 0 Å². The van der Waals surface area contributed by atoms with Crippen molar-refractivity contribution in [2.24, 2.45) is 0 Å². The van der Waals surface area contributed by atoms with Crippen molar-refractivity contribution in [2.75, 3.05) is 0 Å². The Kier molecular flexibility index (Phi) is 6.80. The highest BCUT2D eigenvalue weighted by atomic mass is 32.1. The molecule has 1 heterocycles. The zero-order valence-corrected chi connectivity index (χ0v) is 18.3. The highest BCUT2D eigenvalue weighted by Crippen LogP contribution is 2.29. The van der Waals surface area contributed by atoms with Crippen LogP contribution in [0.15, 0.2) is 64.7 Å². The van der Waals surface area contributed by atoms with E-state index in [0.717, 1.165) is 40.1 Å². The smallest absolute Gasteiger partial charge is 0.0994 e. The SMILES string of the molecule is C/C=C\c1c(C)ccc(CC2=C(C#N)C=CCC=C2/C=C/c2scnc2C)c1C. The number of hydrogen-bond acceptors (Lipinski definition) is 3. The summed E-state index contributed by atoms with van der Waals surface area (Å²) in [5, 5.41) is 9.80. The number of benzene rings is 1. The fraction of sp³-hybridized carbons (Fsp3) is 0.231. The van der Waals surface area contributed by atoms with Crippen molar-refractivity contribution in [3.05, 3.63) is 97.6 Å². The number of thiazole rings is 1. The van der Waals surface area contributed by atoms with E-state index >= 15 is 0 Å². The third-order valence-electron chi connectivity index (χ3n) is 5.29. The molecule has 1 aromatic carbocycles. The topological polar surface area (TPSA) is 36.7 Å². The molecule has 3 heteroatoms.